The molecule has 4 nitrogen and oxygen atoms in total. The molecule has 1 N–H and O–H groups in total. The second-order valence-corrected chi connectivity index (χ2v) is 5.20. The molecule has 1 amide bonds. The van der Waals surface area contributed by atoms with Gasteiger partial charge in [0.2, 0.25) is 5.91 Å². The number of amides is 1. The number of aliphatic hydroxyl groups is 1. The van der Waals surface area contributed by atoms with Crippen molar-refractivity contribution >= 4 is 21.8 Å². The van der Waals surface area contributed by atoms with E-state index in [4.69, 9.17) is 0 Å². The van der Waals surface area contributed by atoms with Gasteiger partial charge in [-0.05, 0) is 40.9 Å². The van der Waals surface area contributed by atoms with Crippen molar-refractivity contribution in [3.8, 4) is 0 Å². The van der Waals surface area contributed by atoms with E-state index in [-0.39, 0.29) is 12.0 Å². The molecule has 0 radical (unpaired) electrons. The number of aliphatic hydroxyl groups excluding tert-OH is 1. The van der Waals surface area contributed by atoms with Crippen molar-refractivity contribution in [1.82, 2.24) is 9.88 Å². The molecule has 0 saturated carbocycles. The number of hydrogen-bond donors (Lipinski definition) is 1. The number of likely N-dealkylation sites (tertiary alicyclic amines) is 1. The van der Waals surface area contributed by atoms with E-state index in [2.05, 4.69) is 20.9 Å². The number of aromatic nitrogens is 1. The zero-order valence-electron chi connectivity index (χ0n) is 9.47. The lowest BCUT2D eigenvalue weighted by atomic mass is 10.1. The van der Waals surface area contributed by atoms with Gasteiger partial charge in [0.05, 0.1) is 12.5 Å². The van der Waals surface area contributed by atoms with Crippen molar-refractivity contribution < 1.29 is 9.90 Å². The van der Waals surface area contributed by atoms with Crippen LogP contribution in [0.1, 0.15) is 18.5 Å². The van der Waals surface area contributed by atoms with Gasteiger partial charge in [0.15, 0.2) is 0 Å². The summed E-state index contributed by atoms with van der Waals surface area (Å²) in [6.07, 6.45) is 3.29. The van der Waals surface area contributed by atoms with Gasteiger partial charge >= 0.3 is 0 Å². The number of piperidine rings is 1. The number of carbonyl (C=O) groups excluding carboxylic acids is 1. The third-order valence-electron chi connectivity index (χ3n) is 2.87. The highest BCUT2D eigenvalue weighted by Gasteiger charge is 2.22. The highest BCUT2D eigenvalue weighted by molar-refractivity contribution is 9.10. The van der Waals surface area contributed by atoms with Crippen LogP contribution in [0.25, 0.3) is 0 Å². The van der Waals surface area contributed by atoms with Crippen LogP contribution in [0.15, 0.2) is 22.8 Å². The van der Waals surface area contributed by atoms with Crippen molar-refractivity contribution in [1.29, 1.82) is 0 Å². The lowest BCUT2D eigenvalue weighted by Gasteiger charge is -2.30. The van der Waals surface area contributed by atoms with Crippen molar-refractivity contribution in [2.75, 3.05) is 13.1 Å². The molecule has 0 unspecified atom stereocenters. The fourth-order valence-corrected chi connectivity index (χ4v) is 2.19. The minimum absolute atomic E-state index is 0.0403. The van der Waals surface area contributed by atoms with Crippen molar-refractivity contribution in [2.45, 2.75) is 25.4 Å². The van der Waals surface area contributed by atoms with Gasteiger partial charge in [0, 0.05) is 29.5 Å². The maximum absolute atomic E-state index is 12.0. The zero-order valence-corrected chi connectivity index (χ0v) is 11.1. The Bertz CT molecular complexity index is 394. The number of halogens is 1. The molecule has 2 rings (SSSR count). The number of carbonyl (C=O) groups is 1. The molecule has 1 aliphatic heterocycles. The van der Waals surface area contributed by atoms with Crippen LogP contribution in [0.3, 0.4) is 0 Å². The van der Waals surface area contributed by atoms with E-state index in [9.17, 15) is 9.90 Å². The number of pyridine rings is 1. The van der Waals surface area contributed by atoms with E-state index < -0.39 is 0 Å². The molecule has 1 aromatic heterocycles. The van der Waals surface area contributed by atoms with Gasteiger partial charge in [-0.1, -0.05) is 0 Å². The predicted octanol–water partition coefficient (Wildman–Crippen LogP) is 1.37. The van der Waals surface area contributed by atoms with Gasteiger partial charge in [-0.15, -0.1) is 0 Å². The largest absolute Gasteiger partial charge is 0.391 e. The molecule has 0 spiro atoms. The van der Waals surface area contributed by atoms with E-state index in [0.29, 0.717) is 13.0 Å². The Morgan fingerprint density at radius 2 is 2.41 bits per heavy atom. The Morgan fingerprint density at radius 3 is 3.06 bits per heavy atom. The molecule has 1 saturated heterocycles. The summed E-state index contributed by atoms with van der Waals surface area (Å²) in [5, 5.41) is 9.52. The summed E-state index contributed by atoms with van der Waals surface area (Å²) in [4.78, 5) is 17.9. The van der Waals surface area contributed by atoms with Crippen LogP contribution in [0, 0.1) is 0 Å². The minimum atomic E-state index is -0.370. The van der Waals surface area contributed by atoms with E-state index in [1.54, 1.807) is 11.1 Å². The molecule has 2 heterocycles. The number of nitrogens with zero attached hydrogens (tertiary/aromatic N) is 2. The summed E-state index contributed by atoms with van der Waals surface area (Å²) in [6.45, 7) is 1.20. The summed E-state index contributed by atoms with van der Waals surface area (Å²) in [6, 6.07) is 3.71. The van der Waals surface area contributed by atoms with Gasteiger partial charge in [-0.2, -0.15) is 0 Å². The maximum atomic E-state index is 12.0. The lowest BCUT2D eigenvalue weighted by Crippen LogP contribution is -2.42. The Kier molecular flexibility index (Phi) is 4.12. The van der Waals surface area contributed by atoms with Crippen LogP contribution in [0.2, 0.25) is 0 Å². The SMILES string of the molecule is O=C(Cc1ccc(Br)cn1)N1CCC[C@H](O)C1. The first-order valence-electron chi connectivity index (χ1n) is 5.71. The van der Waals surface area contributed by atoms with Crippen LogP contribution in [0.4, 0.5) is 0 Å². The van der Waals surface area contributed by atoms with Crippen LogP contribution in [-0.2, 0) is 11.2 Å². The zero-order chi connectivity index (χ0) is 12.3. The Balaban J connectivity index is 1.94. The third-order valence-corrected chi connectivity index (χ3v) is 3.34. The highest BCUT2D eigenvalue weighted by Crippen LogP contribution is 2.12. The summed E-state index contributed by atoms with van der Waals surface area (Å²) >= 11 is 3.31. The van der Waals surface area contributed by atoms with E-state index in [1.165, 1.54) is 0 Å². The van der Waals surface area contributed by atoms with Gasteiger partial charge in [0.1, 0.15) is 0 Å². The molecule has 0 aliphatic carbocycles. The molecule has 1 aliphatic rings. The van der Waals surface area contributed by atoms with Gasteiger partial charge in [-0.25, -0.2) is 0 Å². The van der Waals surface area contributed by atoms with Crippen LogP contribution < -0.4 is 0 Å². The third kappa shape index (κ3) is 3.51. The van der Waals surface area contributed by atoms with E-state index >= 15 is 0 Å². The second kappa shape index (κ2) is 5.60. The van der Waals surface area contributed by atoms with E-state index in [0.717, 1.165) is 29.6 Å². The summed E-state index contributed by atoms with van der Waals surface area (Å²) < 4.78 is 0.905. The first-order valence-corrected chi connectivity index (χ1v) is 6.51. The van der Waals surface area contributed by atoms with Crippen LogP contribution in [-0.4, -0.2) is 40.1 Å². The topological polar surface area (TPSA) is 53.4 Å². The highest BCUT2D eigenvalue weighted by atomic mass is 79.9. The smallest absolute Gasteiger partial charge is 0.228 e. The number of hydrogen-bond acceptors (Lipinski definition) is 3. The van der Waals surface area contributed by atoms with Gasteiger partial charge in [0.25, 0.3) is 0 Å². The fourth-order valence-electron chi connectivity index (χ4n) is 1.96. The van der Waals surface area contributed by atoms with Crippen LogP contribution >= 0.6 is 15.9 Å². The molecule has 92 valence electrons. The summed E-state index contributed by atoms with van der Waals surface area (Å²) in [5.41, 5.74) is 0.762. The average molecular weight is 299 g/mol. The molecule has 17 heavy (non-hydrogen) atoms. The number of β-amino-alcohol motifs (C(OH)–C–C–N with tert-alkyl or cyclic N) is 1. The number of rotatable bonds is 2. The summed E-state index contributed by atoms with van der Waals surface area (Å²) in [5.74, 6) is 0.0403. The van der Waals surface area contributed by atoms with Gasteiger partial charge in [-0.3, -0.25) is 9.78 Å². The molecule has 1 atom stereocenters. The van der Waals surface area contributed by atoms with Crippen LogP contribution in [0.5, 0.6) is 0 Å². The summed E-state index contributed by atoms with van der Waals surface area (Å²) in [7, 11) is 0. The molecular weight excluding hydrogens is 284 g/mol. The Morgan fingerprint density at radius 1 is 1.59 bits per heavy atom. The molecule has 5 heteroatoms. The molecule has 1 fully saturated rings. The molecular formula is C12H15BrN2O2. The molecule has 0 aromatic carbocycles. The van der Waals surface area contributed by atoms with Gasteiger partial charge < -0.3 is 10.0 Å². The first kappa shape index (κ1) is 12.5. The van der Waals surface area contributed by atoms with Crippen molar-refractivity contribution in [3.05, 3.63) is 28.5 Å². The Labute approximate surface area is 109 Å². The Hall–Kier alpha value is -0.940. The fraction of sp³-hybridized carbons (Fsp3) is 0.500. The lowest BCUT2D eigenvalue weighted by molar-refractivity contribution is -0.133. The normalized spacial score (nSPS) is 20.4. The quantitative estimate of drug-likeness (QED) is 0.897. The molecule has 0 bridgehead atoms. The predicted molar refractivity (Wildman–Crippen MR) is 67.5 cm³/mol. The van der Waals surface area contributed by atoms with Crippen molar-refractivity contribution in [2.24, 2.45) is 0 Å². The standard InChI is InChI=1S/C12H15BrN2O2/c13-9-3-4-10(14-7-9)6-12(17)15-5-1-2-11(16)8-15/h3-4,7,11,16H,1-2,5-6,8H2/t11-/m0/s1. The minimum Gasteiger partial charge on any atom is -0.391 e. The second-order valence-electron chi connectivity index (χ2n) is 4.28. The maximum Gasteiger partial charge on any atom is 0.228 e. The average Bonchev–Trinajstić information content (AvgIpc) is 2.32. The monoisotopic (exact) mass is 298 g/mol. The first-order chi connectivity index (χ1) is 8.15. The van der Waals surface area contributed by atoms with Crippen molar-refractivity contribution in [3.63, 3.8) is 0 Å². The van der Waals surface area contributed by atoms with E-state index in [1.807, 2.05) is 12.1 Å². The molecule has 1 aromatic rings.